The molecule has 1 amide bonds. The van der Waals surface area contributed by atoms with E-state index in [9.17, 15) is 18.8 Å². The number of halogens is 1. The number of methoxy groups -OCH3 is 1. The fourth-order valence-corrected chi connectivity index (χ4v) is 2.44. The molecule has 0 aliphatic rings. The van der Waals surface area contributed by atoms with Gasteiger partial charge in [0.05, 0.1) is 23.9 Å². The third-order valence-electron chi connectivity index (χ3n) is 3.96. The molecule has 0 unspecified atom stereocenters. The third kappa shape index (κ3) is 3.42. The Bertz CT molecular complexity index is 887. The summed E-state index contributed by atoms with van der Waals surface area (Å²) in [5, 5.41) is 6.45. The lowest BCUT2D eigenvalue weighted by molar-refractivity contribution is -0.112. The topological polar surface area (TPSA) is 90.3 Å². The number of hydrogen-bond acceptors (Lipinski definition) is 5. The number of amides is 1. The van der Waals surface area contributed by atoms with Gasteiger partial charge >= 0.3 is 5.97 Å². The average Bonchev–Trinajstić information content (AvgIpc) is 2.82. The maximum atomic E-state index is 14.0. The molecule has 0 saturated heterocycles. The average molecular weight is 347 g/mol. The van der Waals surface area contributed by atoms with E-state index in [1.54, 1.807) is 20.9 Å². The van der Waals surface area contributed by atoms with Crippen molar-refractivity contribution < 1.29 is 23.5 Å². The molecule has 8 heteroatoms. The molecule has 1 aromatic heterocycles. The van der Waals surface area contributed by atoms with Crippen molar-refractivity contribution in [2.75, 3.05) is 12.4 Å². The molecule has 25 heavy (non-hydrogen) atoms. The Morgan fingerprint density at radius 1 is 1.20 bits per heavy atom. The SMILES string of the molecule is COC(=O)c1cc(F)c(C)c(NC(=O)C(=O)c2c(C)nn(C)c2C)c1. The highest BCUT2D eigenvalue weighted by atomic mass is 19.1. The van der Waals surface area contributed by atoms with Crippen LogP contribution in [-0.4, -0.2) is 34.6 Å². The number of carbonyl (C=O) groups is 3. The van der Waals surface area contributed by atoms with E-state index in [4.69, 9.17) is 0 Å². The summed E-state index contributed by atoms with van der Waals surface area (Å²) in [6.07, 6.45) is 0. The van der Waals surface area contributed by atoms with Gasteiger partial charge in [0.1, 0.15) is 5.82 Å². The summed E-state index contributed by atoms with van der Waals surface area (Å²) >= 11 is 0. The molecule has 1 N–H and O–H groups in total. The molecule has 0 aliphatic heterocycles. The van der Waals surface area contributed by atoms with Crippen LogP contribution in [0.1, 0.15) is 37.7 Å². The van der Waals surface area contributed by atoms with Crippen molar-refractivity contribution >= 4 is 23.3 Å². The van der Waals surface area contributed by atoms with Crippen LogP contribution in [-0.2, 0) is 16.6 Å². The van der Waals surface area contributed by atoms with E-state index in [0.29, 0.717) is 11.4 Å². The Labute approximate surface area is 143 Å². The molecule has 0 radical (unpaired) electrons. The zero-order chi connectivity index (χ0) is 18.9. The summed E-state index contributed by atoms with van der Waals surface area (Å²) in [5.74, 6) is -3.17. The molecule has 0 aliphatic carbocycles. The number of aromatic nitrogens is 2. The standard InChI is InChI=1S/C17H18FN3O4/c1-8-12(18)6-11(17(24)25-5)7-13(8)19-16(23)15(22)14-9(2)20-21(4)10(14)3/h6-7H,1-5H3,(H,19,23). The smallest absolute Gasteiger partial charge is 0.338 e. The minimum atomic E-state index is -0.941. The first-order valence-corrected chi connectivity index (χ1v) is 7.41. The molecule has 2 aromatic rings. The van der Waals surface area contributed by atoms with Gasteiger partial charge in [0.25, 0.3) is 11.7 Å². The molecule has 0 spiro atoms. The number of aryl methyl sites for hydroxylation is 2. The van der Waals surface area contributed by atoms with Crippen molar-refractivity contribution in [2.24, 2.45) is 7.05 Å². The van der Waals surface area contributed by atoms with Gasteiger partial charge in [0.2, 0.25) is 0 Å². The molecular weight excluding hydrogens is 329 g/mol. The predicted molar refractivity (Wildman–Crippen MR) is 88.1 cm³/mol. The molecule has 7 nitrogen and oxygen atoms in total. The number of esters is 1. The summed E-state index contributed by atoms with van der Waals surface area (Å²) in [6.45, 7) is 4.72. The number of ether oxygens (including phenoxy) is 1. The quantitative estimate of drug-likeness (QED) is 0.520. The van der Waals surface area contributed by atoms with E-state index in [-0.39, 0.29) is 22.4 Å². The zero-order valence-electron chi connectivity index (χ0n) is 14.6. The largest absolute Gasteiger partial charge is 0.465 e. The van der Waals surface area contributed by atoms with Gasteiger partial charge in [-0.15, -0.1) is 0 Å². The van der Waals surface area contributed by atoms with Crippen LogP contribution in [0.5, 0.6) is 0 Å². The minimum absolute atomic E-state index is 0.0259. The van der Waals surface area contributed by atoms with Crippen molar-refractivity contribution in [3.05, 3.63) is 46.0 Å². The lowest BCUT2D eigenvalue weighted by Gasteiger charge is -2.11. The molecule has 132 valence electrons. The van der Waals surface area contributed by atoms with Gasteiger partial charge in [-0.25, -0.2) is 9.18 Å². The first kappa shape index (κ1) is 18.3. The number of anilines is 1. The molecule has 0 fully saturated rings. The van der Waals surface area contributed by atoms with Crippen LogP contribution in [0, 0.1) is 26.6 Å². The molecule has 0 bridgehead atoms. The predicted octanol–water partition coefficient (Wildman–Crippen LogP) is 2.09. The van der Waals surface area contributed by atoms with Gasteiger partial charge in [-0.2, -0.15) is 5.10 Å². The third-order valence-corrected chi connectivity index (χ3v) is 3.96. The van der Waals surface area contributed by atoms with Crippen LogP contribution in [0.3, 0.4) is 0 Å². The summed E-state index contributed by atoms with van der Waals surface area (Å²) in [6, 6.07) is 2.27. The van der Waals surface area contributed by atoms with Gasteiger partial charge in [-0.05, 0) is 32.9 Å². The van der Waals surface area contributed by atoms with E-state index in [1.165, 1.54) is 17.7 Å². The van der Waals surface area contributed by atoms with Gasteiger partial charge in [0, 0.05) is 24.0 Å². The second-order valence-electron chi connectivity index (χ2n) is 5.57. The molecule has 0 saturated carbocycles. The van der Waals surface area contributed by atoms with Gasteiger partial charge in [-0.3, -0.25) is 14.3 Å². The first-order chi connectivity index (χ1) is 11.7. The lowest BCUT2D eigenvalue weighted by Crippen LogP contribution is -2.25. The highest BCUT2D eigenvalue weighted by molar-refractivity contribution is 6.47. The number of benzene rings is 1. The van der Waals surface area contributed by atoms with Crippen LogP contribution in [0.25, 0.3) is 0 Å². The number of hydrogen-bond donors (Lipinski definition) is 1. The van der Waals surface area contributed by atoms with E-state index in [1.807, 2.05) is 0 Å². The molecule has 0 atom stereocenters. The lowest BCUT2D eigenvalue weighted by atomic mass is 10.1. The van der Waals surface area contributed by atoms with Crippen molar-refractivity contribution in [3.8, 4) is 0 Å². The fourth-order valence-electron chi connectivity index (χ4n) is 2.44. The monoisotopic (exact) mass is 347 g/mol. The van der Waals surface area contributed by atoms with Gasteiger partial charge in [0.15, 0.2) is 0 Å². The van der Waals surface area contributed by atoms with Crippen molar-refractivity contribution in [3.63, 3.8) is 0 Å². The van der Waals surface area contributed by atoms with Gasteiger partial charge < -0.3 is 10.1 Å². The Morgan fingerprint density at radius 2 is 1.84 bits per heavy atom. The maximum absolute atomic E-state index is 14.0. The number of rotatable bonds is 4. The normalized spacial score (nSPS) is 10.5. The van der Waals surface area contributed by atoms with Crippen LogP contribution >= 0.6 is 0 Å². The number of nitrogens with one attached hydrogen (secondary N) is 1. The second kappa shape index (κ2) is 6.84. The summed E-state index contributed by atoms with van der Waals surface area (Å²) in [7, 11) is 2.83. The fraction of sp³-hybridized carbons (Fsp3) is 0.294. The summed E-state index contributed by atoms with van der Waals surface area (Å²) in [5.41, 5.74) is 1.23. The number of nitrogens with zero attached hydrogens (tertiary/aromatic N) is 2. The number of ketones is 1. The van der Waals surface area contributed by atoms with E-state index >= 15 is 0 Å². The Hall–Kier alpha value is -3.03. The van der Waals surface area contributed by atoms with E-state index < -0.39 is 23.5 Å². The Kier molecular flexibility index (Phi) is 5.01. The summed E-state index contributed by atoms with van der Waals surface area (Å²) < 4.78 is 20.0. The first-order valence-electron chi connectivity index (χ1n) is 7.41. The number of Topliss-reactive ketones (excluding diaryl/α,β-unsaturated/α-hetero) is 1. The Balaban J connectivity index is 2.36. The summed E-state index contributed by atoms with van der Waals surface area (Å²) in [4.78, 5) is 36.3. The molecular formula is C17H18FN3O4. The maximum Gasteiger partial charge on any atom is 0.338 e. The van der Waals surface area contributed by atoms with Crippen LogP contribution in [0.15, 0.2) is 12.1 Å². The second-order valence-corrected chi connectivity index (χ2v) is 5.57. The highest BCUT2D eigenvalue weighted by Crippen LogP contribution is 2.22. The molecule has 1 aromatic carbocycles. The zero-order valence-corrected chi connectivity index (χ0v) is 14.6. The van der Waals surface area contributed by atoms with E-state index in [2.05, 4.69) is 15.2 Å². The molecule has 1 heterocycles. The molecule has 2 rings (SSSR count). The van der Waals surface area contributed by atoms with Crippen molar-refractivity contribution in [1.29, 1.82) is 0 Å². The highest BCUT2D eigenvalue weighted by Gasteiger charge is 2.25. The van der Waals surface area contributed by atoms with Crippen LogP contribution in [0.4, 0.5) is 10.1 Å². The van der Waals surface area contributed by atoms with Crippen LogP contribution in [0.2, 0.25) is 0 Å². The van der Waals surface area contributed by atoms with Crippen molar-refractivity contribution in [2.45, 2.75) is 20.8 Å². The van der Waals surface area contributed by atoms with Crippen LogP contribution < -0.4 is 5.32 Å². The van der Waals surface area contributed by atoms with Crippen molar-refractivity contribution in [1.82, 2.24) is 9.78 Å². The Morgan fingerprint density at radius 3 is 2.36 bits per heavy atom. The van der Waals surface area contributed by atoms with E-state index in [0.717, 1.165) is 13.2 Å². The minimum Gasteiger partial charge on any atom is -0.465 e. The van der Waals surface area contributed by atoms with Gasteiger partial charge in [-0.1, -0.05) is 0 Å². The number of carbonyl (C=O) groups excluding carboxylic acids is 3.